The standard InChI is InChI=1S/C24H26N2O4/c1-25(13-9-18-15-17-5-2-3-6-21(17)30-18)11-4-12-26-14-10-19-20(24(26)27)7-8-22-23(19)29-16-28-22/h2-3,5-8,15H,4,9-14,16H2,1H3. The topological polar surface area (TPSA) is 55.2 Å². The second kappa shape index (κ2) is 8.03. The first-order valence-electron chi connectivity index (χ1n) is 10.6. The number of hydrogen-bond donors (Lipinski definition) is 0. The minimum Gasteiger partial charge on any atom is -0.461 e. The lowest BCUT2D eigenvalue weighted by Gasteiger charge is -2.29. The lowest BCUT2D eigenvalue weighted by Crippen LogP contribution is -2.39. The summed E-state index contributed by atoms with van der Waals surface area (Å²) in [7, 11) is 2.12. The molecule has 2 aliphatic heterocycles. The Labute approximate surface area is 176 Å². The summed E-state index contributed by atoms with van der Waals surface area (Å²) in [6.07, 6.45) is 2.64. The normalized spacial score (nSPS) is 15.3. The van der Waals surface area contributed by atoms with Crippen LogP contribution in [0.3, 0.4) is 0 Å². The molecule has 1 amide bonds. The summed E-state index contributed by atoms with van der Waals surface area (Å²) in [4.78, 5) is 17.1. The van der Waals surface area contributed by atoms with Gasteiger partial charge in [-0.05, 0) is 50.7 Å². The Balaban J connectivity index is 1.11. The fraction of sp³-hybridized carbons (Fsp3) is 0.375. The lowest BCUT2D eigenvalue weighted by atomic mass is 9.97. The van der Waals surface area contributed by atoms with Crippen LogP contribution in [0.25, 0.3) is 11.0 Å². The average Bonchev–Trinajstić information content (AvgIpc) is 3.40. The summed E-state index contributed by atoms with van der Waals surface area (Å²) in [5, 5.41) is 1.15. The van der Waals surface area contributed by atoms with E-state index in [2.05, 4.69) is 24.1 Å². The Morgan fingerprint density at radius 2 is 2.00 bits per heavy atom. The SMILES string of the molecule is CN(CCCN1CCc2c(ccc3c2OCO3)C1=O)CCc1cc2ccccc2o1. The van der Waals surface area contributed by atoms with Crippen LogP contribution in [0.5, 0.6) is 11.5 Å². The number of amides is 1. The Morgan fingerprint density at radius 3 is 2.90 bits per heavy atom. The van der Waals surface area contributed by atoms with Crippen molar-refractivity contribution in [2.45, 2.75) is 19.3 Å². The minimum atomic E-state index is 0.0967. The van der Waals surface area contributed by atoms with E-state index in [4.69, 9.17) is 13.9 Å². The van der Waals surface area contributed by atoms with Gasteiger partial charge in [0.2, 0.25) is 6.79 Å². The maximum absolute atomic E-state index is 12.9. The highest BCUT2D eigenvalue weighted by molar-refractivity contribution is 5.98. The van der Waals surface area contributed by atoms with Crippen molar-refractivity contribution in [3.63, 3.8) is 0 Å². The zero-order valence-electron chi connectivity index (χ0n) is 17.2. The molecule has 0 unspecified atom stereocenters. The van der Waals surface area contributed by atoms with E-state index in [1.54, 1.807) is 0 Å². The number of furan rings is 1. The number of para-hydroxylation sites is 1. The number of fused-ring (bicyclic) bond motifs is 4. The van der Waals surface area contributed by atoms with Gasteiger partial charge in [-0.2, -0.15) is 0 Å². The van der Waals surface area contributed by atoms with Gasteiger partial charge in [-0.3, -0.25) is 4.79 Å². The zero-order chi connectivity index (χ0) is 20.5. The fourth-order valence-corrected chi connectivity index (χ4v) is 4.32. The lowest BCUT2D eigenvalue weighted by molar-refractivity contribution is 0.0731. The molecule has 5 rings (SSSR count). The minimum absolute atomic E-state index is 0.0967. The van der Waals surface area contributed by atoms with Crippen LogP contribution in [0.4, 0.5) is 0 Å². The van der Waals surface area contributed by atoms with Crippen LogP contribution >= 0.6 is 0 Å². The molecular weight excluding hydrogens is 380 g/mol. The molecular formula is C24H26N2O4. The summed E-state index contributed by atoms with van der Waals surface area (Å²) in [6, 6.07) is 13.9. The number of rotatable bonds is 7. The molecule has 2 aromatic carbocycles. The molecule has 30 heavy (non-hydrogen) atoms. The molecule has 0 spiro atoms. The molecule has 0 fully saturated rings. The monoisotopic (exact) mass is 406 g/mol. The Kier molecular flexibility index (Phi) is 5.09. The number of hydrogen-bond acceptors (Lipinski definition) is 5. The van der Waals surface area contributed by atoms with E-state index in [9.17, 15) is 4.79 Å². The third-order valence-electron chi connectivity index (χ3n) is 5.98. The smallest absolute Gasteiger partial charge is 0.254 e. The van der Waals surface area contributed by atoms with Crippen LogP contribution in [0.15, 0.2) is 46.9 Å². The first-order chi connectivity index (χ1) is 14.7. The van der Waals surface area contributed by atoms with Gasteiger partial charge in [-0.15, -0.1) is 0 Å². The number of ether oxygens (including phenoxy) is 2. The molecule has 0 bridgehead atoms. The molecule has 0 N–H and O–H groups in total. The van der Waals surface area contributed by atoms with Gasteiger partial charge in [0, 0.05) is 42.6 Å². The number of carbonyl (C=O) groups excluding carboxylic acids is 1. The van der Waals surface area contributed by atoms with Crippen molar-refractivity contribution in [3.8, 4) is 11.5 Å². The molecule has 0 radical (unpaired) electrons. The molecule has 3 aromatic rings. The highest BCUT2D eigenvalue weighted by Gasteiger charge is 2.30. The third kappa shape index (κ3) is 3.63. The van der Waals surface area contributed by atoms with E-state index < -0.39 is 0 Å². The van der Waals surface area contributed by atoms with E-state index >= 15 is 0 Å². The van der Waals surface area contributed by atoms with E-state index in [1.165, 1.54) is 0 Å². The van der Waals surface area contributed by atoms with Gasteiger partial charge in [-0.1, -0.05) is 18.2 Å². The van der Waals surface area contributed by atoms with E-state index in [0.717, 1.165) is 84.8 Å². The highest BCUT2D eigenvalue weighted by Crippen LogP contribution is 2.39. The predicted octanol–water partition coefficient (Wildman–Crippen LogP) is 3.72. The molecule has 0 saturated heterocycles. The van der Waals surface area contributed by atoms with Gasteiger partial charge in [-0.25, -0.2) is 0 Å². The van der Waals surface area contributed by atoms with Crippen molar-refractivity contribution >= 4 is 16.9 Å². The van der Waals surface area contributed by atoms with Gasteiger partial charge < -0.3 is 23.7 Å². The van der Waals surface area contributed by atoms with Gasteiger partial charge in [0.1, 0.15) is 11.3 Å². The molecule has 156 valence electrons. The second-order valence-corrected chi connectivity index (χ2v) is 8.03. The van der Waals surface area contributed by atoms with Crippen molar-refractivity contribution in [1.29, 1.82) is 0 Å². The van der Waals surface area contributed by atoms with E-state index in [0.29, 0.717) is 0 Å². The van der Waals surface area contributed by atoms with Gasteiger partial charge in [0.15, 0.2) is 11.5 Å². The number of nitrogens with zero attached hydrogens (tertiary/aromatic N) is 2. The summed E-state index contributed by atoms with van der Waals surface area (Å²) < 4.78 is 16.9. The van der Waals surface area contributed by atoms with Crippen molar-refractivity contribution in [3.05, 3.63) is 59.4 Å². The van der Waals surface area contributed by atoms with Crippen molar-refractivity contribution in [2.24, 2.45) is 0 Å². The molecule has 0 aliphatic carbocycles. The molecule has 3 heterocycles. The summed E-state index contributed by atoms with van der Waals surface area (Å²) in [6.45, 7) is 3.61. The van der Waals surface area contributed by atoms with Crippen molar-refractivity contribution < 1.29 is 18.7 Å². The quantitative estimate of drug-likeness (QED) is 0.599. The maximum atomic E-state index is 12.9. The number of benzene rings is 2. The Hall–Kier alpha value is -2.99. The Morgan fingerprint density at radius 1 is 1.10 bits per heavy atom. The van der Waals surface area contributed by atoms with Crippen molar-refractivity contribution in [1.82, 2.24) is 9.80 Å². The first-order valence-corrected chi connectivity index (χ1v) is 10.6. The van der Waals surface area contributed by atoms with E-state index in [1.807, 2.05) is 35.2 Å². The van der Waals surface area contributed by atoms with E-state index in [-0.39, 0.29) is 12.7 Å². The van der Waals surface area contributed by atoms with Crippen LogP contribution in [-0.4, -0.2) is 55.7 Å². The summed E-state index contributed by atoms with van der Waals surface area (Å²) in [5.74, 6) is 2.62. The van der Waals surface area contributed by atoms with Gasteiger partial charge in [0.25, 0.3) is 5.91 Å². The number of likely N-dealkylation sites (N-methyl/N-ethyl adjacent to an activating group) is 1. The van der Waals surface area contributed by atoms with Crippen LogP contribution in [-0.2, 0) is 12.8 Å². The largest absolute Gasteiger partial charge is 0.461 e. The average molecular weight is 406 g/mol. The van der Waals surface area contributed by atoms with Crippen LogP contribution < -0.4 is 9.47 Å². The van der Waals surface area contributed by atoms with Crippen LogP contribution in [0, 0.1) is 0 Å². The molecule has 0 saturated carbocycles. The van der Waals surface area contributed by atoms with Gasteiger partial charge >= 0.3 is 0 Å². The summed E-state index contributed by atoms with van der Waals surface area (Å²) in [5.41, 5.74) is 2.69. The van der Waals surface area contributed by atoms with Crippen LogP contribution in [0.2, 0.25) is 0 Å². The molecule has 2 aliphatic rings. The Bertz CT molecular complexity index is 1040. The highest BCUT2D eigenvalue weighted by atomic mass is 16.7. The molecule has 1 aromatic heterocycles. The zero-order valence-corrected chi connectivity index (χ0v) is 17.2. The van der Waals surface area contributed by atoms with Crippen molar-refractivity contribution in [2.75, 3.05) is 40.0 Å². The molecule has 0 atom stereocenters. The molecule has 6 nitrogen and oxygen atoms in total. The summed E-state index contributed by atoms with van der Waals surface area (Å²) >= 11 is 0. The van der Waals surface area contributed by atoms with Crippen LogP contribution in [0.1, 0.15) is 28.1 Å². The fourth-order valence-electron chi connectivity index (χ4n) is 4.32. The second-order valence-electron chi connectivity index (χ2n) is 8.03. The maximum Gasteiger partial charge on any atom is 0.254 e. The number of carbonyl (C=O) groups is 1. The first kappa shape index (κ1) is 19.0. The molecule has 6 heteroatoms. The third-order valence-corrected chi connectivity index (χ3v) is 5.98. The predicted molar refractivity (Wildman–Crippen MR) is 114 cm³/mol. The van der Waals surface area contributed by atoms with Gasteiger partial charge in [0.05, 0.1) is 0 Å².